The lowest BCUT2D eigenvalue weighted by molar-refractivity contribution is -0.274. The van der Waals surface area contributed by atoms with E-state index in [2.05, 4.69) is 39.0 Å². The van der Waals surface area contributed by atoms with Crippen LogP contribution in [-0.4, -0.2) is 50.5 Å². The molecule has 3 aromatic carbocycles. The Morgan fingerprint density at radius 1 is 1.13 bits per heavy atom. The van der Waals surface area contributed by atoms with Crippen molar-refractivity contribution >= 4 is 40.6 Å². The first-order valence-corrected chi connectivity index (χ1v) is 14.9. The summed E-state index contributed by atoms with van der Waals surface area (Å²) in [5, 5.41) is 7.52. The predicted octanol–water partition coefficient (Wildman–Crippen LogP) is 7.12. The van der Waals surface area contributed by atoms with Crippen molar-refractivity contribution in [1.82, 2.24) is 20.1 Å². The fourth-order valence-corrected chi connectivity index (χ4v) is 5.45. The van der Waals surface area contributed by atoms with Crippen LogP contribution in [0.15, 0.2) is 84.1 Å². The first-order valence-electron chi connectivity index (χ1n) is 13.9. The molecule has 1 saturated heterocycles. The minimum atomic E-state index is -4.76. The number of benzene rings is 3. The van der Waals surface area contributed by atoms with Crippen molar-refractivity contribution in [1.29, 1.82) is 0 Å². The van der Waals surface area contributed by atoms with Gasteiger partial charge in [0.05, 0.1) is 17.1 Å². The smallest absolute Gasteiger partial charge is 0.406 e. The van der Waals surface area contributed by atoms with Crippen molar-refractivity contribution < 1.29 is 27.5 Å². The number of aliphatic imine (C=N–C) groups is 1. The molecule has 0 saturated carbocycles. The maximum atomic E-state index is 12.8. The number of urea groups is 1. The number of hydrogen-bond donors (Lipinski definition) is 1. The first-order chi connectivity index (χ1) is 21.5. The number of anilines is 1. The van der Waals surface area contributed by atoms with E-state index in [9.17, 15) is 22.8 Å². The van der Waals surface area contributed by atoms with Gasteiger partial charge in [0.2, 0.25) is 5.91 Å². The van der Waals surface area contributed by atoms with Gasteiger partial charge in [-0.3, -0.25) is 9.69 Å². The number of ether oxygens (including phenoxy) is 1. The number of nitrogens with zero attached hydrogens (tertiary/aromatic N) is 5. The van der Waals surface area contributed by atoms with Crippen LogP contribution in [-0.2, 0) is 4.79 Å². The Kier molecular flexibility index (Phi) is 9.37. The van der Waals surface area contributed by atoms with Crippen LogP contribution in [0, 0.1) is 6.92 Å². The third kappa shape index (κ3) is 7.98. The molecule has 0 radical (unpaired) electrons. The monoisotopic (exact) mass is 634 g/mol. The minimum absolute atomic E-state index is 0.119. The Morgan fingerprint density at radius 3 is 2.64 bits per heavy atom. The number of amidine groups is 1. The van der Waals surface area contributed by atoms with Crippen molar-refractivity contribution in [3.8, 4) is 22.8 Å². The van der Waals surface area contributed by atoms with E-state index in [1.54, 1.807) is 6.08 Å². The quantitative estimate of drug-likeness (QED) is 0.221. The Bertz CT molecular complexity index is 1770. The molecule has 0 unspecified atom stereocenters. The molecule has 0 aliphatic carbocycles. The lowest BCUT2D eigenvalue weighted by Gasteiger charge is -2.22. The number of halogens is 3. The zero-order valence-electron chi connectivity index (χ0n) is 24.6. The van der Waals surface area contributed by atoms with Gasteiger partial charge in [-0.1, -0.05) is 68.1 Å². The number of nitrogens with one attached hydrogen (secondary N) is 1. The molecule has 2 heterocycles. The van der Waals surface area contributed by atoms with Gasteiger partial charge in [0.15, 0.2) is 11.0 Å². The molecule has 0 spiro atoms. The Labute approximate surface area is 261 Å². The molecule has 0 atom stereocenters. The third-order valence-electron chi connectivity index (χ3n) is 6.66. The first kappa shape index (κ1) is 31.5. The van der Waals surface area contributed by atoms with Gasteiger partial charge in [0.25, 0.3) is 0 Å². The number of thioether (sulfide) groups is 1. The van der Waals surface area contributed by atoms with Crippen molar-refractivity contribution in [2.45, 2.75) is 33.1 Å². The predicted molar refractivity (Wildman–Crippen MR) is 169 cm³/mol. The number of alkyl halides is 3. The molecule has 232 valence electrons. The molecular weight excluding hydrogens is 605 g/mol. The summed E-state index contributed by atoms with van der Waals surface area (Å²) in [5.74, 6) is 0.377. The highest BCUT2D eigenvalue weighted by Gasteiger charge is 2.33. The summed E-state index contributed by atoms with van der Waals surface area (Å²) in [4.78, 5) is 35.5. The second-order valence-corrected chi connectivity index (χ2v) is 11.3. The second-order valence-electron chi connectivity index (χ2n) is 10.4. The van der Waals surface area contributed by atoms with Crippen molar-refractivity contribution in [3.63, 3.8) is 0 Å². The van der Waals surface area contributed by atoms with Gasteiger partial charge < -0.3 is 10.1 Å². The normalized spacial score (nSPS) is 14.6. The van der Waals surface area contributed by atoms with Gasteiger partial charge in [-0.2, -0.15) is 4.99 Å². The number of aromatic nitrogens is 3. The summed E-state index contributed by atoms with van der Waals surface area (Å²) in [6.45, 7) is 6.28. The number of rotatable bonds is 8. The maximum absolute atomic E-state index is 12.8. The van der Waals surface area contributed by atoms with E-state index < -0.39 is 12.4 Å². The Balaban J connectivity index is 1.21. The molecule has 1 aromatic heterocycles. The lowest BCUT2D eigenvalue weighted by atomic mass is 9.99. The van der Waals surface area contributed by atoms with E-state index in [0.717, 1.165) is 27.9 Å². The third-order valence-corrected chi connectivity index (χ3v) is 7.59. The molecular formula is C32H29F3N6O3S. The molecule has 13 heteroatoms. The van der Waals surface area contributed by atoms with Gasteiger partial charge in [-0.15, -0.1) is 18.3 Å². The molecule has 0 bridgehead atoms. The molecule has 9 nitrogen and oxygen atoms in total. The highest BCUT2D eigenvalue weighted by atomic mass is 32.2. The minimum Gasteiger partial charge on any atom is -0.406 e. The van der Waals surface area contributed by atoms with E-state index in [4.69, 9.17) is 0 Å². The number of carbonyl (C=O) groups excluding carboxylic acids is 2. The average Bonchev–Trinajstić information content (AvgIpc) is 3.62. The Hall–Kier alpha value is -4.91. The summed E-state index contributed by atoms with van der Waals surface area (Å²) < 4.78 is 42.6. The van der Waals surface area contributed by atoms with E-state index in [1.165, 1.54) is 51.9 Å². The SMILES string of the molecule is Cc1ccc(C(C)C)c(N2C(=O)CS/C2=N\C(=O)NC/C=C\c2cccc(-c3ncn(-c4ccc(OC(F)(F)F)cc4)n3)c2)c1. The molecule has 1 N–H and O–H groups in total. The summed E-state index contributed by atoms with van der Waals surface area (Å²) in [6.07, 6.45) is 0.304. The number of carbonyl (C=O) groups is 2. The molecule has 3 amide bonds. The maximum Gasteiger partial charge on any atom is 0.573 e. The molecule has 45 heavy (non-hydrogen) atoms. The van der Waals surface area contributed by atoms with Crippen LogP contribution in [0.1, 0.15) is 36.5 Å². The topological polar surface area (TPSA) is 102 Å². The summed E-state index contributed by atoms with van der Waals surface area (Å²) in [5.41, 5.74) is 4.84. The van der Waals surface area contributed by atoms with Crippen LogP contribution >= 0.6 is 11.8 Å². The van der Waals surface area contributed by atoms with Crippen LogP contribution in [0.25, 0.3) is 23.2 Å². The molecule has 4 aromatic rings. The van der Waals surface area contributed by atoms with Crippen molar-refractivity contribution in [3.05, 3.63) is 95.8 Å². The number of aryl methyl sites for hydroxylation is 1. The Morgan fingerprint density at radius 2 is 1.91 bits per heavy atom. The fourth-order valence-electron chi connectivity index (χ4n) is 4.59. The van der Waals surface area contributed by atoms with E-state index in [1.807, 2.05) is 55.5 Å². The zero-order chi connectivity index (χ0) is 32.1. The van der Waals surface area contributed by atoms with Gasteiger partial charge in [-0.25, -0.2) is 14.5 Å². The summed E-state index contributed by atoms with van der Waals surface area (Å²) in [7, 11) is 0. The second kappa shape index (κ2) is 13.4. The van der Waals surface area contributed by atoms with Crippen LogP contribution in [0.3, 0.4) is 0 Å². The highest BCUT2D eigenvalue weighted by molar-refractivity contribution is 8.15. The lowest BCUT2D eigenvalue weighted by Crippen LogP contribution is -2.32. The average molecular weight is 635 g/mol. The molecule has 1 aliphatic heterocycles. The van der Waals surface area contributed by atoms with Crippen molar-refractivity contribution in [2.75, 3.05) is 17.2 Å². The standard InChI is InChI=1S/C32H29F3N6O3S/c1-20(2)26-14-9-21(3)16-27(26)41-28(42)18-45-31(41)38-30(43)36-15-5-7-22-6-4-8-23(17-22)29-37-19-40(39-29)24-10-12-25(13-11-24)44-32(33,34)35/h4-14,16-17,19-20H,15,18H2,1-3H3,(H,36,43)/b7-5-,38-31-. The van der Waals surface area contributed by atoms with Crippen LogP contribution in [0.2, 0.25) is 0 Å². The highest BCUT2D eigenvalue weighted by Crippen LogP contribution is 2.34. The van der Waals surface area contributed by atoms with Crippen LogP contribution < -0.4 is 15.0 Å². The molecule has 1 aliphatic rings. The fraction of sp³-hybridized carbons (Fsp3) is 0.219. The summed E-state index contributed by atoms with van der Waals surface area (Å²) >= 11 is 1.23. The van der Waals surface area contributed by atoms with Gasteiger partial charge in [0.1, 0.15) is 12.1 Å². The van der Waals surface area contributed by atoms with Gasteiger partial charge in [-0.05, 0) is 65.9 Å². The number of amides is 3. The van der Waals surface area contributed by atoms with Gasteiger partial charge in [0, 0.05) is 12.1 Å². The largest absolute Gasteiger partial charge is 0.573 e. The van der Waals surface area contributed by atoms with E-state index >= 15 is 0 Å². The zero-order valence-corrected chi connectivity index (χ0v) is 25.4. The molecule has 1 fully saturated rings. The van der Waals surface area contributed by atoms with E-state index in [0.29, 0.717) is 16.7 Å². The van der Waals surface area contributed by atoms with Gasteiger partial charge >= 0.3 is 12.4 Å². The van der Waals surface area contributed by atoms with Crippen LogP contribution in [0.5, 0.6) is 5.75 Å². The van der Waals surface area contributed by atoms with Crippen molar-refractivity contribution in [2.24, 2.45) is 4.99 Å². The van der Waals surface area contributed by atoms with E-state index in [-0.39, 0.29) is 29.9 Å². The molecule has 5 rings (SSSR count). The number of hydrogen-bond acceptors (Lipinski definition) is 6. The summed E-state index contributed by atoms with van der Waals surface area (Å²) in [6, 6.07) is 18.1. The van der Waals surface area contributed by atoms with Crippen LogP contribution in [0.4, 0.5) is 23.7 Å².